The van der Waals surface area contributed by atoms with Gasteiger partial charge in [-0.3, -0.25) is 0 Å². The first kappa shape index (κ1) is 9.44. The van der Waals surface area contributed by atoms with Crippen LogP contribution in [-0.4, -0.2) is 16.6 Å². The maximum atomic E-state index is 5.59. The minimum Gasteiger partial charge on any atom is -0.477 e. The van der Waals surface area contributed by atoms with E-state index in [4.69, 9.17) is 4.74 Å². The molecule has 1 aromatic rings. The van der Waals surface area contributed by atoms with Crippen molar-refractivity contribution in [2.24, 2.45) is 5.92 Å². The van der Waals surface area contributed by atoms with Crippen molar-refractivity contribution < 1.29 is 4.74 Å². The van der Waals surface area contributed by atoms with E-state index in [1.807, 2.05) is 6.07 Å². The standard InChI is InChI=1S/C11H16N2O/c1-2-4-10(5-3-1)8-14-11-6-7-12-9-13-11/h6-7,9-10H,1-5,8H2. The van der Waals surface area contributed by atoms with E-state index in [1.54, 1.807) is 6.20 Å². The average Bonchev–Trinajstić information content (AvgIpc) is 2.29. The molecule has 0 atom stereocenters. The number of hydrogen-bond donors (Lipinski definition) is 0. The van der Waals surface area contributed by atoms with Crippen molar-refractivity contribution >= 4 is 0 Å². The predicted octanol–water partition coefficient (Wildman–Crippen LogP) is 2.44. The molecule has 1 aliphatic rings. The van der Waals surface area contributed by atoms with Crippen molar-refractivity contribution in [3.05, 3.63) is 18.6 Å². The van der Waals surface area contributed by atoms with Gasteiger partial charge in [0.2, 0.25) is 5.88 Å². The van der Waals surface area contributed by atoms with E-state index in [9.17, 15) is 0 Å². The van der Waals surface area contributed by atoms with Crippen molar-refractivity contribution in [2.75, 3.05) is 6.61 Å². The highest BCUT2D eigenvalue weighted by atomic mass is 16.5. The fourth-order valence-electron chi connectivity index (χ4n) is 1.92. The molecule has 0 amide bonds. The normalized spacial score (nSPS) is 18.0. The maximum absolute atomic E-state index is 5.59. The van der Waals surface area contributed by atoms with Gasteiger partial charge in [-0.15, -0.1) is 0 Å². The molecular weight excluding hydrogens is 176 g/mol. The lowest BCUT2D eigenvalue weighted by Gasteiger charge is -2.21. The molecule has 1 aromatic heterocycles. The Labute approximate surface area is 84.5 Å². The van der Waals surface area contributed by atoms with E-state index >= 15 is 0 Å². The lowest BCUT2D eigenvalue weighted by molar-refractivity contribution is 0.202. The Kier molecular flexibility index (Phi) is 3.33. The van der Waals surface area contributed by atoms with Gasteiger partial charge in [-0.1, -0.05) is 19.3 Å². The summed E-state index contributed by atoms with van der Waals surface area (Å²) in [5.41, 5.74) is 0. The van der Waals surface area contributed by atoms with Gasteiger partial charge in [-0.05, 0) is 18.8 Å². The lowest BCUT2D eigenvalue weighted by Crippen LogP contribution is -2.15. The summed E-state index contributed by atoms with van der Waals surface area (Å²) in [5.74, 6) is 1.43. The summed E-state index contributed by atoms with van der Waals surface area (Å²) in [5, 5.41) is 0. The molecular formula is C11H16N2O. The van der Waals surface area contributed by atoms with Gasteiger partial charge in [0.25, 0.3) is 0 Å². The predicted molar refractivity (Wildman–Crippen MR) is 54.1 cm³/mol. The van der Waals surface area contributed by atoms with E-state index in [2.05, 4.69) is 9.97 Å². The van der Waals surface area contributed by atoms with Crippen molar-refractivity contribution in [1.29, 1.82) is 0 Å². The Morgan fingerprint density at radius 1 is 1.29 bits per heavy atom. The summed E-state index contributed by atoms with van der Waals surface area (Å²) < 4.78 is 5.59. The molecule has 3 nitrogen and oxygen atoms in total. The molecule has 0 aromatic carbocycles. The lowest BCUT2D eigenvalue weighted by atomic mass is 9.90. The summed E-state index contributed by atoms with van der Waals surface area (Å²) in [6.45, 7) is 0.816. The molecule has 0 unspecified atom stereocenters. The first-order valence-electron chi connectivity index (χ1n) is 5.34. The Balaban J connectivity index is 1.76. The van der Waals surface area contributed by atoms with Crippen LogP contribution in [0.5, 0.6) is 5.88 Å². The molecule has 1 aliphatic carbocycles. The number of ether oxygens (including phenoxy) is 1. The third-order valence-electron chi connectivity index (χ3n) is 2.75. The van der Waals surface area contributed by atoms with Crippen LogP contribution in [0.25, 0.3) is 0 Å². The smallest absolute Gasteiger partial charge is 0.216 e. The fourth-order valence-corrected chi connectivity index (χ4v) is 1.92. The van der Waals surface area contributed by atoms with Crippen LogP contribution >= 0.6 is 0 Å². The van der Waals surface area contributed by atoms with E-state index < -0.39 is 0 Å². The van der Waals surface area contributed by atoms with Gasteiger partial charge < -0.3 is 4.74 Å². The number of hydrogen-bond acceptors (Lipinski definition) is 3. The molecule has 0 saturated heterocycles. The summed E-state index contributed by atoms with van der Waals surface area (Å²) in [4.78, 5) is 7.88. The summed E-state index contributed by atoms with van der Waals surface area (Å²) in [7, 11) is 0. The minimum absolute atomic E-state index is 0.700. The van der Waals surface area contributed by atoms with Crippen molar-refractivity contribution in [1.82, 2.24) is 9.97 Å². The molecule has 0 N–H and O–H groups in total. The second kappa shape index (κ2) is 4.94. The number of aromatic nitrogens is 2. The molecule has 0 spiro atoms. The second-order valence-electron chi connectivity index (χ2n) is 3.86. The first-order chi connectivity index (χ1) is 6.95. The van der Waals surface area contributed by atoms with Crippen LogP contribution in [0.1, 0.15) is 32.1 Å². The van der Waals surface area contributed by atoms with Gasteiger partial charge in [-0.25, -0.2) is 9.97 Å². The third kappa shape index (κ3) is 2.69. The van der Waals surface area contributed by atoms with Crippen molar-refractivity contribution in [2.45, 2.75) is 32.1 Å². The molecule has 3 heteroatoms. The molecule has 1 fully saturated rings. The van der Waals surface area contributed by atoms with Gasteiger partial charge in [0.05, 0.1) is 6.61 Å². The Hall–Kier alpha value is -1.12. The van der Waals surface area contributed by atoms with E-state index in [-0.39, 0.29) is 0 Å². The quantitative estimate of drug-likeness (QED) is 0.737. The zero-order valence-electron chi connectivity index (χ0n) is 8.35. The van der Waals surface area contributed by atoms with Crippen LogP contribution in [0.4, 0.5) is 0 Å². The van der Waals surface area contributed by atoms with Gasteiger partial charge in [0.15, 0.2) is 0 Å². The second-order valence-corrected chi connectivity index (χ2v) is 3.86. The van der Waals surface area contributed by atoms with Crippen LogP contribution in [0.15, 0.2) is 18.6 Å². The van der Waals surface area contributed by atoms with Crippen molar-refractivity contribution in [3.8, 4) is 5.88 Å². The van der Waals surface area contributed by atoms with Crippen LogP contribution < -0.4 is 4.74 Å². The van der Waals surface area contributed by atoms with Crippen LogP contribution in [0.2, 0.25) is 0 Å². The van der Waals surface area contributed by atoms with Crippen LogP contribution in [0.3, 0.4) is 0 Å². The zero-order chi connectivity index (χ0) is 9.64. The molecule has 1 heterocycles. The average molecular weight is 192 g/mol. The molecule has 2 rings (SSSR count). The van der Waals surface area contributed by atoms with Gasteiger partial charge in [0, 0.05) is 12.3 Å². The fraction of sp³-hybridized carbons (Fsp3) is 0.636. The summed E-state index contributed by atoms with van der Waals surface area (Å²) in [6.07, 6.45) is 9.97. The van der Waals surface area contributed by atoms with Crippen molar-refractivity contribution in [3.63, 3.8) is 0 Å². The van der Waals surface area contributed by atoms with Crippen LogP contribution in [0, 0.1) is 5.92 Å². The minimum atomic E-state index is 0.700. The summed E-state index contributed by atoms with van der Waals surface area (Å²) in [6, 6.07) is 1.81. The highest BCUT2D eigenvalue weighted by molar-refractivity contribution is 5.04. The molecule has 76 valence electrons. The Morgan fingerprint density at radius 2 is 2.14 bits per heavy atom. The Morgan fingerprint density at radius 3 is 2.86 bits per heavy atom. The monoisotopic (exact) mass is 192 g/mol. The van der Waals surface area contributed by atoms with E-state index in [1.165, 1.54) is 38.4 Å². The molecule has 0 bridgehead atoms. The molecule has 1 saturated carbocycles. The largest absolute Gasteiger partial charge is 0.477 e. The Bertz CT molecular complexity index is 257. The van der Waals surface area contributed by atoms with Crippen LogP contribution in [-0.2, 0) is 0 Å². The van der Waals surface area contributed by atoms with Gasteiger partial charge in [0.1, 0.15) is 6.33 Å². The van der Waals surface area contributed by atoms with Gasteiger partial charge in [-0.2, -0.15) is 0 Å². The third-order valence-corrected chi connectivity index (χ3v) is 2.75. The highest BCUT2D eigenvalue weighted by Crippen LogP contribution is 2.23. The molecule has 0 radical (unpaired) electrons. The topological polar surface area (TPSA) is 35.0 Å². The molecule has 0 aliphatic heterocycles. The maximum Gasteiger partial charge on any atom is 0.216 e. The number of nitrogens with zero attached hydrogens (tertiary/aromatic N) is 2. The number of rotatable bonds is 3. The summed E-state index contributed by atoms with van der Waals surface area (Å²) >= 11 is 0. The van der Waals surface area contributed by atoms with Gasteiger partial charge >= 0.3 is 0 Å². The SMILES string of the molecule is c1cc(OCC2CCCCC2)ncn1. The highest BCUT2D eigenvalue weighted by Gasteiger charge is 2.13. The van der Waals surface area contributed by atoms with E-state index in [0.29, 0.717) is 5.88 Å². The van der Waals surface area contributed by atoms with E-state index in [0.717, 1.165) is 12.5 Å². The molecule has 14 heavy (non-hydrogen) atoms. The zero-order valence-corrected chi connectivity index (χ0v) is 8.35. The first-order valence-corrected chi connectivity index (χ1v) is 5.34.